The van der Waals surface area contributed by atoms with Gasteiger partial charge in [0.1, 0.15) is 12.7 Å². The zero-order chi connectivity index (χ0) is 19.5. The third kappa shape index (κ3) is 3.63. The molecule has 2 N–H and O–H groups in total. The fraction of sp³-hybridized carbons (Fsp3) is 0.273. The Kier molecular flexibility index (Phi) is 5.65. The van der Waals surface area contributed by atoms with E-state index in [9.17, 15) is 8.42 Å². The molecular weight excluding hydrogens is 356 g/mol. The van der Waals surface area contributed by atoms with Crippen molar-refractivity contribution in [1.82, 2.24) is 3.89 Å². The van der Waals surface area contributed by atoms with Gasteiger partial charge in [-0.25, -0.2) is 0 Å². The summed E-state index contributed by atoms with van der Waals surface area (Å²) in [6.07, 6.45) is 5.62. The first-order valence-electron chi connectivity index (χ1n) is 9.28. The highest BCUT2D eigenvalue weighted by atomic mass is 32.2. The van der Waals surface area contributed by atoms with E-state index >= 15 is 0 Å². The number of hydrogen-bond donors (Lipinski definition) is 1. The van der Waals surface area contributed by atoms with Crippen LogP contribution in [0.4, 0.5) is 5.69 Å². The van der Waals surface area contributed by atoms with E-state index in [0.717, 1.165) is 16.8 Å². The van der Waals surface area contributed by atoms with Gasteiger partial charge >= 0.3 is 10.0 Å². The van der Waals surface area contributed by atoms with Gasteiger partial charge in [0.05, 0.1) is 5.75 Å². The van der Waals surface area contributed by atoms with Gasteiger partial charge in [-0.05, 0) is 24.1 Å². The van der Waals surface area contributed by atoms with E-state index in [0.29, 0.717) is 13.1 Å². The Morgan fingerprint density at radius 3 is 2.44 bits per heavy atom. The molecule has 0 amide bonds. The van der Waals surface area contributed by atoms with Crippen molar-refractivity contribution in [2.24, 2.45) is 5.73 Å². The van der Waals surface area contributed by atoms with Gasteiger partial charge in [-0.15, -0.1) is 0 Å². The normalized spacial score (nSPS) is 20.9. The predicted molar refractivity (Wildman–Crippen MR) is 113 cm³/mol. The monoisotopic (exact) mass is 383 g/mol. The molecule has 142 valence electrons. The molecule has 0 aliphatic carbocycles. The van der Waals surface area contributed by atoms with E-state index < -0.39 is 10.0 Å². The molecule has 0 saturated heterocycles. The molecule has 27 heavy (non-hydrogen) atoms. The summed E-state index contributed by atoms with van der Waals surface area (Å²) in [5, 5.41) is 0. The molecule has 0 spiro atoms. The van der Waals surface area contributed by atoms with Crippen molar-refractivity contribution in [3.8, 4) is 0 Å². The SMILES string of the molecule is CCS(=O)(=O)[N+]1(c2cccc(C(C)c3ccccc3)c2)C=C(CN)C=CC1. The van der Waals surface area contributed by atoms with Crippen molar-refractivity contribution in [3.05, 3.63) is 89.6 Å². The van der Waals surface area contributed by atoms with Crippen LogP contribution < -0.4 is 9.62 Å². The van der Waals surface area contributed by atoms with Crippen LogP contribution in [0, 0.1) is 0 Å². The minimum Gasteiger partial charge on any atom is -0.326 e. The van der Waals surface area contributed by atoms with Gasteiger partial charge in [-0.2, -0.15) is 12.3 Å². The number of rotatable bonds is 6. The lowest BCUT2D eigenvalue weighted by molar-refractivity contribution is 0.510. The van der Waals surface area contributed by atoms with Crippen molar-refractivity contribution in [3.63, 3.8) is 0 Å². The molecule has 1 heterocycles. The Morgan fingerprint density at radius 2 is 1.78 bits per heavy atom. The van der Waals surface area contributed by atoms with Crippen molar-refractivity contribution < 1.29 is 8.42 Å². The summed E-state index contributed by atoms with van der Waals surface area (Å²) >= 11 is 0. The molecule has 4 nitrogen and oxygen atoms in total. The number of quaternary nitrogens is 1. The summed E-state index contributed by atoms with van der Waals surface area (Å²) in [6.45, 7) is 4.53. The molecule has 2 atom stereocenters. The molecule has 0 saturated carbocycles. The first-order valence-corrected chi connectivity index (χ1v) is 10.9. The van der Waals surface area contributed by atoms with E-state index in [4.69, 9.17) is 5.73 Å². The summed E-state index contributed by atoms with van der Waals surface area (Å²) in [6, 6.07) is 18.2. The molecular formula is C22H27N2O2S+. The average Bonchev–Trinajstić information content (AvgIpc) is 2.73. The maximum atomic E-state index is 13.1. The Bertz CT molecular complexity index is 965. The van der Waals surface area contributed by atoms with Crippen molar-refractivity contribution in [2.45, 2.75) is 19.8 Å². The van der Waals surface area contributed by atoms with Crippen LogP contribution in [-0.4, -0.2) is 27.3 Å². The van der Waals surface area contributed by atoms with Crippen LogP contribution in [-0.2, 0) is 10.0 Å². The molecule has 0 aromatic heterocycles. The van der Waals surface area contributed by atoms with Crippen LogP contribution in [0.1, 0.15) is 30.9 Å². The number of nitrogens with two attached hydrogens (primary N) is 1. The highest BCUT2D eigenvalue weighted by Gasteiger charge is 2.42. The van der Waals surface area contributed by atoms with E-state index in [1.807, 2.05) is 48.6 Å². The highest BCUT2D eigenvalue weighted by Crippen LogP contribution is 2.35. The summed E-state index contributed by atoms with van der Waals surface area (Å²) < 4.78 is 26.1. The summed E-state index contributed by atoms with van der Waals surface area (Å²) in [7, 11) is -3.43. The first kappa shape index (κ1) is 19.5. The highest BCUT2D eigenvalue weighted by molar-refractivity contribution is 7.91. The molecule has 3 rings (SSSR count). The van der Waals surface area contributed by atoms with Gasteiger partial charge in [0, 0.05) is 30.2 Å². The number of sulfonamides is 1. The molecule has 0 bridgehead atoms. The van der Waals surface area contributed by atoms with Gasteiger partial charge in [-0.3, -0.25) is 0 Å². The van der Waals surface area contributed by atoms with Gasteiger partial charge in [-0.1, -0.05) is 55.5 Å². The second-order valence-corrected chi connectivity index (χ2v) is 9.28. The molecule has 5 heteroatoms. The quantitative estimate of drug-likeness (QED) is 0.770. The fourth-order valence-corrected chi connectivity index (χ4v) is 5.08. The fourth-order valence-electron chi connectivity index (χ4n) is 3.57. The lowest BCUT2D eigenvalue weighted by Crippen LogP contribution is -2.51. The molecule has 0 fully saturated rings. The molecule has 2 aromatic rings. The first-order chi connectivity index (χ1) is 12.9. The Morgan fingerprint density at radius 1 is 1.07 bits per heavy atom. The largest absolute Gasteiger partial charge is 0.326 e. The van der Waals surface area contributed by atoms with Crippen LogP contribution in [0.3, 0.4) is 0 Å². The average molecular weight is 384 g/mol. The minimum absolute atomic E-state index is 0.0632. The van der Waals surface area contributed by atoms with E-state index in [1.54, 1.807) is 13.1 Å². The van der Waals surface area contributed by atoms with Crippen LogP contribution >= 0.6 is 0 Å². The van der Waals surface area contributed by atoms with Crippen LogP contribution in [0.2, 0.25) is 0 Å². The molecule has 0 radical (unpaired) electrons. The summed E-state index contributed by atoms with van der Waals surface area (Å²) in [4.78, 5) is 0. The zero-order valence-electron chi connectivity index (χ0n) is 15.9. The van der Waals surface area contributed by atoms with Gasteiger partial charge in [0.2, 0.25) is 0 Å². The number of nitrogens with zero attached hydrogens (tertiary/aromatic N) is 1. The summed E-state index contributed by atoms with van der Waals surface area (Å²) in [5.74, 6) is 0.238. The Hall–Kier alpha value is -2.21. The van der Waals surface area contributed by atoms with E-state index in [-0.39, 0.29) is 15.6 Å². The zero-order valence-corrected chi connectivity index (χ0v) is 16.7. The predicted octanol–water partition coefficient (Wildman–Crippen LogP) is 3.91. The number of hydrogen-bond acceptors (Lipinski definition) is 3. The standard InChI is InChI=1S/C22H27N2O2S/c1-3-27(25,26)24(14-8-9-19(16-23)17-24)22-13-7-12-21(15-22)18(2)20-10-5-4-6-11-20/h4-13,15,17-18H,3,14,16,23H2,1-2H3/q+1. The third-order valence-corrected chi connectivity index (χ3v) is 7.47. The molecule has 1 aliphatic rings. The maximum absolute atomic E-state index is 13.1. The molecule has 2 unspecified atom stereocenters. The minimum atomic E-state index is -3.43. The van der Waals surface area contributed by atoms with Gasteiger partial charge in [0.25, 0.3) is 0 Å². The molecule has 2 aromatic carbocycles. The van der Waals surface area contributed by atoms with Gasteiger partial charge < -0.3 is 5.73 Å². The Balaban J connectivity index is 2.13. The Labute approximate surface area is 162 Å². The number of benzene rings is 2. The summed E-state index contributed by atoms with van der Waals surface area (Å²) in [5.41, 5.74) is 9.71. The van der Waals surface area contributed by atoms with Gasteiger partial charge in [0.15, 0.2) is 5.69 Å². The van der Waals surface area contributed by atoms with Crippen molar-refractivity contribution in [1.29, 1.82) is 0 Å². The van der Waals surface area contributed by atoms with E-state index in [2.05, 4.69) is 25.1 Å². The topological polar surface area (TPSA) is 60.2 Å². The lowest BCUT2D eigenvalue weighted by Gasteiger charge is -2.34. The lowest BCUT2D eigenvalue weighted by atomic mass is 9.93. The van der Waals surface area contributed by atoms with Crippen molar-refractivity contribution in [2.75, 3.05) is 18.8 Å². The molecule has 1 aliphatic heterocycles. The second kappa shape index (κ2) is 7.80. The van der Waals surface area contributed by atoms with Crippen LogP contribution in [0.25, 0.3) is 0 Å². The van der Waals surface area contributed by atoms with Crippen molar-refractivity contribution >= 4 is 15.7 Å². The van der Waals surface area contributed by atoms with Crippen LogP contribution in [0.5, 0.6) is 0 Å². The second-order valence-electron chi connectivity index (χ2n) is 6.89. The maximum Gasteiger partial charge on any atom is 0.306 e. The third-order valence-electron chi connectivity index (χ3n) is 5.29. The van der Waals surface area contributed by atoms with Crippen LogP contribution in [0.15, 0.2) is 78.5 Å². The van der Waals surface area contributed by atoms with E-state index in [1.165, 1.54) is 5.56 Å². The smallest absolute Gasteiger partial charge is 0.306 e.